The number of nitrogens with zero attached hydrogens (tertiary/aromatic N) is 1. The molecule has 1 aromatic heterocycles. The molecule has 0 aliphatic carbocycles. The Hall–Kier alpha value is -2.50. The topological polar surface area (TPSA) is 59.3 Å². The molecule has 0 aliphatic heterocycles. The molecule has 0 amide bonds. The SMILES string of the molecule is CC(C)C(=O)c1cc(C(=O)O)n(Cc2cccc(F)c2F)c1. The van der Waals surface area contributed by atoms with Crippen LogP contribution in [0.1, 0.15) is 40.3 Å². The van der Waals surface area contributed by atoms with Crippen LogP contribution in [0.4, 0.5) is 8.78 Å². The number of carbonyl (C=O) groups is 2. The molecule has 2 aromatic rings. The molecule has 4 nitrogen and oxygen atoms in total. The van der Waals surface area contributed by atoms with E-state index in [0.717, 1.165) is 6.07 Å². The van der Waals surface area contributed by atoms with Gasteiger partial charge in [-0.3, -0.25) is 4.79 Å². The number of Topliss-reactive ketones (excluding diaryl/α,β-unsaturated/α-hetero) is 1. The molecule has 2 rings (SSSR count). The molecule has 0 radical (unpaired) electrons. The van der Waals surface area contributed by atoms with Crippen molar-refractivity contribution in [1.82, 2.24) is 4.57 Å². The number of rotatable bonds is 5. The van der Waals surface area contributed by atoms with Crippen molar-refractivity contribution in [2.75, 3.05) is 0 Å². The van der Waals surface area contributed by atoms with Gasteiger partial charge in [0.15, 0.2) is 17.4 Å². The first kappa shape index (κ1) is 15.9. The van der Waals surface area contributed by atoms with Crippen LogP contribution in [0.25, 0.3) is 0 Å². The fourth-order valence-corrected chi connectivity index (χ4v) is 2.14. The maximum absolute atomic E-state index is 13.7. The minimum atomic E-state index is -1.24. The highest BCUT2D eigenvalue weighted by molar-refractivity contribution is 5.99. The quantitative estimate of drug-likeness (QED) is 0.862. The fourth-order valence-electron chi connectivity index (χ4n) is 2.14. The first-order chi connectivity index (χ1) is 10.3. The molecule has 6 heteroatoms. The predicted molar refractivity (Wildman–Crippen MR) is 76.0 cm³/mol. The molecule has 0 bridgehead atoms. The minimum absolute atomic E-state index is 0.0154. The third-order valence-electron chi connectivity index (χ3n) is 3.30. The Labute approximate surface area is 126 Å². The van der Waals surface area contributed by atoms with Gasteiger partial charge in [-0.2, -0.15) is 0 Å². The number of hydrogen-bond donors (Lipinski definition) is 1. The average Bonchev–Trinajstić information content (AvgIpc) is 2.87. The van der Waals surface area contributed by atoms with Gasteiger partial charge >= 0.3 is 5.97 Å². The molecule has 0 aliphatic rings. The number of aromatic nitrogens is 1. The normalized spacial score (nSPS) is 11.0. The van der Waals surface area contributed by atoms with Gasteiger partial charge in [0.25, 0.3) is 0 Å². The van der Waals surface area contributed by atoms with Crippen LogP contribution >= 0.6 is 0 Å². The number of hydrogen-bond acceptors (Lipinski definition) is 2. The second-order valence-corrected chi connectivity index (χ2v) is 5.28. The van der Waals surface area contributed by atoms with Crippen LogP contribution in [-0.2, 0) is 6.54 Å². The van der Waals surface area contributed by atoms with Gasteiger partial charge in [0, 0.05) is 23.2 Å². The van der Waals surface area contributed by atoms with E-state index in [1.165, 1.54) is 29.0 Å². The lowest BCUT2D eigenvalue weighted by molar-refractivity contribution is 0.0685. The summed E-state index contributed by atoms with van der Waals surface area (Å²) in [7, 11) is 0. The Morgan fingerprint density at radius 1 is 1.27 bits per heavy atom. The van der Waals surface area contributed by atoms with E-state index in [1.54, 1.807) is 13.8 Å². The number of halogens is 2. The van der Waals surface area contributed by atoms with Gasteiger partial charge in [-0.15, -0.1) is 0 Å². The van der Waals surface area contributed by atoms with E-state index in [2.05, 4.69) is 0 Å². The second-order valence-electron chi connectivity index (χ2n) is 5.28. The van der Waals surface area contributed by atoms with Gasteiger partial charge in [0.05, 0.1) is 6.54 Å². The summed E-state index contributed by atoms with van der Waals surface area (Å²) >= 11 is 0. The lowest BCUT2D eigenvalue weighted by Crippen LogP contribution is -2.10. The van der Waals surface area contributed by atoms with Crippen LogP contribution in [0, 0.1) is 17.6 Å². The summed E-state index contributed by atoms with van der Waals surface area (Å²) in [5.41, 5.74) is 0.110. The summed E-state index contributed by atoms with van der Waals surface area (Å²) in [6.45, 7) is 3.23. The fraction of sp³-hybridized carbons (Fsp3) is 0.250. The molecule has 1 N–H and O–H groups in total. The van der Waals surface area contributed by atoms with Crippen LogP contribution in [0.5, 0.6) is 0 Å². The molecule has 0 saturated heterocycles. The Morgan fingerprint density at radius 3 is 2.55 bits per heavy atom. The summed E-state index contributed by atoms with van der Waals surface area (Å²) in [5, 5.41) is 9.20. The van der Waals surface area contributed by atoms with Crippen molar-refractivity contribution in [2.24, 2.45) is 5.92 Å². The first-order valence-corrected chi connectivity index (χ1v) is 6.71. The van der Waals surface area contributed by atoms with Gasteiger partial charge in [0.2, 0.25) is 0 Å². The largest absolute Gasteiger partial charge is 0.477 e. The zero-order valence-corrected chi connectivity index (χ0v) is 12.1. The molecule has 0 atom stereocenters. The van der Waals surface area contributed by atoms with Crippen molar-refractivity contribution < 1.29 is 23.5 Å². The van der Waals surface area contributed by atoms with E-state index in [0.29, 0.717) is 0 Å². The monoisotopic (exact) mass is 307 g/mol. The molecule has 0 saturated carbocycles. The highest BCUT2D eigenvalue weighted by Gasteiger charge is 2.19. The zero-order chi connectivity index (χ0) is 16.4. The van der Waals surface area contributed by atoms with Crippen LogP contribution < -0.4 is 0 Å². The number of aromatic carboxylic acids is 1. The summed E-state index contributed by atoms with van der Waals surface area (Å²) in [6.07, 6.45) is 1.36. The van der Waals surface area contributed by atoms with Crippen molar-refractivity contribution in [2.45, 2.75) is 20.4 Å². The van der Waals surface area contributed by atoms with E-state index < -0.39 is 17.6 Å². The molecule has 0 fully saturated rings. The van der Waals surface area contributed by atoms with Gasteiger partial charge < -0.3 is 9.67 Å². The number of carboxylic acid groups (broad SMARTS) is 1. The molecule has 0 unspecified atom stereocenters. The zero-order valence-electron chi connectivity index (χ0n) is 12.1. The van der Waals surface area contributed by atoms with Crippen LogP contribution in [0.3, 0.4) is 0 Å². The highest BCUT2D eigenvalue weighted by Crippen LogP contribution is 2.18. The smallest absolute Gasteiger partial charge is 0.352 e. The van der Waals surface area contributed by atoms with Crippen LogP contribution in [0.2, 0.25) is 0 Å². The number of carbonyl (C=O) groups excluding carboxylic acids is 1. The Bertz CT molecular complexity index is 735. The number of carboxylic acids is 1. The Balaban J connectivity index is 2.44. The van der Waals surface area contributed by atoms with E-state index in [-0.39, 0.29) is 35.1 Å². The number of ketones is 1. The van der Waals surface area contributed by atoms with Crippen molar-refractivity contribution in [3.8, 4) is 0 Å². The minimum Gasteiger partial charge on any atom is -0.477 e. The average molecular weight is 307 g/mol. The molecule has 116 valence electrons. The molecule has 1 aromatic carbocycles. The summed E-state index contributed by atoms with van der Waals surface area (Å²) in [4.78, 5) is 23.2. The molecule has 1 heterocycles. The van der Waals surface area contributed by atoms with Crippen molar-refractivity contribution in [3.05, 3.63) is 58.9 Å². The highest BCUT2D eigenvalue weighted by atomic mass is 19.2. The molecular weight excluding hydrogens is 292 g/mol. The van der Waals surface area contributed by atoms with Crippen molar-refractivity contribution >= 4 is 11.8 Å². The molecular formula is C16H15F2NO3. The van der Waals surface area contributed by atoms with Crippen molar-refractivity contribution in [1.29, 1.82) is 0 Å². The molecule has 22 heavy (non-hydrogen) atoms. The third-order valence-corrected chi connectivity index (χ3v) is 3.30. The van der Waals surface area contributed by atoms with Crippen LogP contribution in [-0.4, -0.2) is 21.4 Å². The Kier molecular flexibility index (Phi) is 4.40. The maximum Gasteiger partial charge on any atom is 0.352 e. The van der Waals surface area contributed by atoms with E-state index in [9.17, 15) is 23.5 Å². The second kappa shape index (κ2) is 6.09. The standard InChI is InChI=1S/C16H15F2NO3/c1-9(2)15(20)11-6-13(16(21)22)19(8-11)7-10-4-3-5-12(17)14(10)18/h3-6,8-9H,7H2,1-2H3,(H,21,22). The predicted octanol–water partition coefficient (Wildman–Crippen LogP) is 3.35. The first-order valence-electron chi connectivity index (χ1n) is 6.71. The van der Waals surface area contributed by atoms with Gasteiger partial charge in [-0.25, -0.2) is 13.6 Å². The van der Waals surface area contributed by atoms with Gasteiger partial charge in [0.1, 0.15) is 5.69 Å². The molecule has 0 spiro atoms. The lowest BCUT2D eigenvalue weighted by atomic mass is 10.0. The number of benzene rings is 1. The maximum atomic E-state index is 13.7. The van der Waals surface area contributed by atoms with Crippen LogP contribution in [0.15, 0.2) is 30.5 Å². The van der Waals surface area contributed by atoms with Crippen molar-refractivity contribution in [3.63, 3.8) is 0 Å². The van der Waals surface area contributed by atoms with E-state index >= 15 is 0 Å². The Morgan fingerprint density at radius 2 is 1.95 bits per heavy atom. The lowest BCUT2D eigenvalue weighted by Gasteiger charge is -2.08. The van der Waals surface area contributed by atoms with E-state index in [1.807, 2.05) is 0 Å². The third kappa shape index (κ3) is 3.05. The van der Waals surface area contributed by atoms with Gasteiger partial charge in [-0.1, -0.05) is 26.0 Å². The van der Waals surface area contributed by atoms with Gasteiger partial charge in [-0.05, 0) is 12.1 Å². The summed E-state index contributed by atoms with van der Waals surface area (Å²) in [6, 6.07) is 4.95. The summed E-state index contributed by atoms with van der Waals surface area (Å²) < 4.78 is 28.2. The summed E-state index contributed by atoms with van der Waals surface area (Å²) in [5.74, 6) is -3.76. The van der Waals surface area contributed by atoms with E-state index in [4.69, 9.17) is 0 Å².